The minimum atomic E-state index is 0.347. The minimum absolute atomic E-state index is 0.347. The van der Waals surface area contributed by atoms with E-state index in [0.717, 1.165) is 24.8 Å². The number of hydrogen-bond donors (Lipinski definition) is 1. The van der Waals surface area contributed by atoms with Crippen LogP contribution < -0.4 is 5.73 Å². The molecule has 4 heteroatoms. The molecular formula is C11H15N3O. The zero-order chi connectivity index (χ0) is 10.7. The molecule has 1 aromatic rings. The summed E-state index contributed by atoms with van der Waals surface area (Å²) < 4.78 is 5.30. The fourth-order valence-corrected chi connectivity index (χ4v) is 1.86. The van der Waals surface area contributed by atoms with E-state index in [1.807, 2.05) is 0 Å². The quantitative estimate of drug-likeness (QED) is 0.797. The van der Waals surface area contributed by atoms with Crippen molar-refractivity contribution in [3.63, 3.8) is 0 Å². The average molecular weight is 205 g/mol. The SMILES string of the molecule is COC1CC=C(c2cncnc2N)CC1. The Morgan fingerprint density at radius 1 is 1.53 bits per heavy atom. The van der Waals surface area contributed by atoms with Gasteiger partial charge in [-0.05, 0) is 24.8 Å². The fraction of sp³-hybridized carbons (Fsp3) is 0.455. The number of nitrogens with two attached hydrogens (primary N) is 1. The number of allylic oxidation sites excluding steroid dienone is 1. The lowest BCUT2D eigenvalue weighted by molar-refractivity contribution is 0.0964. The van der Waals surface area contributed by atoms with Crippen LogP contribution >= 0.6 is 0 Å². The summed E-state index contributed by atoms with van der Waals surface area (Å²) in [5, 5.41) is 0. The predicted octanol–water partition coefficient (Wildman–Crippen LogP) is 1.64. The number of nitrogens with zero attached hydrogens (tertiary/aromatic N) is 2. The van der Waals surface area contributed by atoms with E-state index in [1.54, 1.807) is 13.3 Å². The van der Waals surface area contributed by atoms with Crippen LogP contribution in [0.25, 0.3) is 5.57 Å². The molecule has 0 bridgehead atoms. The van der Waals surface area contributed by atoms with Gasteiger partial charge in [-0.25, -0.2) is 9.97 Å². The van der Waals surface area contributed by atoms with Gasteiger partial charge in [-0.2, -0.15) is 0 Å². The van der Waals surface area contributed by atoms with E-state index >= 15 is 0 Å². The number of hydrogen-bond acceptors (Lipinski definition) is 4. The molecule has 0 saturated carbocycles. The third kappa shape index (κ3) is 2.15. The molecule has 2 rings (SSSR count). The molecule has 2 N–H and O–H groups in total. The van der Waals surface area contributed by atoms with Gasteiger partial charge in [-0.15, -0.1) is 0 Å². The predicted molar refractivity (Wildman–Crippen MR) is 59.1 cm³/mol. The minimum Gasteiger partial charge on any atom is -0.383 e. The molecule has 1 aromatic heterocycles. The number of rotatable bonds is 2. The van der Waals surface area contributed by atoms with Crippen molar-refractivity contribution in [3.8, 4) is 0 Å². The zero-order valence-electron chi connectivity index (χ0n) is 8.81. The summed E-state index contributed by atoms with van der Waals surface area (Å²) in [6, 6.07) is 0. The summed E-state index contributed by atoms with van der Waals surface area (Å²) in [4.78, 5) is 7.98. The van der Waals surface area contributed by atoms with E-state index in [2.05, 4.69) is 16.0 Å². The van der Waals surface area contributed by atoms with Crippen LogP contribution in [0.3, 0.4) is 0 Å². The molecule has 80 valence electrons. The van der Waals surface area contributed by atoms with Gasteiger partial charge in [0, 0.05) is 18.9 Å². The number of aromatic nitrogens is 2. The van der Waals surface area contributed by atoms with Crippen LogP contribution in [0.1, 0.15) is 24.8 Å². The van der Waals surface area contributed by atoms with Crippen LogP contribution in [0.4, 0.5) is 5.82 Å². The molecule has 1 aliphatic rings. The highest BCUT2D eigenvalue weighted by Crippen LogP contribution is 2.29. The monoisotopic (exact) mass is 205 g/mol. The molecular weight excluding hydrogens is 190 g/mol. The normalized spacial score (nSPS) is 21.1. The van der Waals surface area contributed by atoms with Gasteiger partial charge in [0.1, 0.15) is 12.1 Å². The maximum atomic E-state index is 5.80. The first-order valence-corrected chi connectivity index (χ1v) is 5.09. The lowest BCUT2D eigenvalue weighted by Gasteiger charge is -2.20. The van der Waals surface area contributed by atoms with Crippen LogP contribution in [0, 0.1) is 0 Å². The molecule has 0 radical (unpaired) electrons. The van der Waals surface area contributed by atoms with E-state index in [-0.39, 0.29) is 0 Å². The van der Waals surface area contributed by atoms with Crippen LogP contribution in [0.5, 0.6) is 0 Å². The molecule has 1 atom stereocenters. The largest absolute Gasteiger partial charge is 0.383 e. The molecule has 0 saturated heterocycles. The third-order valence-corrected chi connectivity index (χ3v) is 2.79. The van der Waals surface area contributed by atoms with Crippen molar-refractivity contribution in [2.45, 2.75) is 25.4 Å². The molecule has 15 heavy (non-hydrogen) atoms. The Balaban J connectivity index is 2.19. The molecule has 0 aromatic carbocycles. The van der Waals surface area contributed by atoms with E-state index in [0.29, 0.717) is 11.9 Å². The van der Waals surface area contributed by atoms with E-state index in [4.69, 9.17) is 10.5 Å². The van der Waals surface area contributed by atoms with Crippen LogP contribution in [-0.2, 0) is 4.74 Å². The summed E-state index contributed by atoms with van der Waals surface area (Å²) in [5.41, 5.74) is 8.00. The highest BCUT2D eigenvalue weighted by Gasteiger charge is 2.16. The molecule has 0 amide bonds. The summed E-state index contributed by atoms with van der Waals surface area (Å²) in [7, 11) is 1.75. The second-order valence-corrected chi connectivity index (χ2v) is 3.68. The van der Waals surface area contributed by atoms with Gasteiger partial charge in [-0.1, -0.05) is 6.08 Å². The second kappa shape index (κ2) is 4.40. The Labute approximate surface area is 89.2 Å². The standard InChI is InChI=1S/C11H15N3O/c1-15-9-4-2-8(3-5-9)10-6-13-7-14-11(10)12/h2,6-7,9H,3-5H2,1H3,(H2,12,13,14). The van der Waals surface area contributed by atoms with E-state index in [9.17, 15) is 0 Å². The van der Waals surface area contributed by atoms with Gasteiger partial charge in [0.05, 0.1) is 6.10 Å². The third-order valence-electron chi connectivity index (χ3n) is 2.79. The summed E-state index contributed by atoms with van der Waals surface area (Å²) in [6.07, 6.45) is 8.74. The van der Waals surface area contributed by atoms with Crippen molar-refractivity contribution in [1.82, 2.24) is 9.97 Å². The first-order chi connectivity index (χ1) is 7.31. The summed E-state index contributed by atoms with van der Waals surface area (Å²) >= 11 is 0. The van der Waals surface area contributed by atoms with Crippen molar-refractivity contribution in [2.75, 3.05) is 12.8 Å². The van der Waals surface area contributed by atoms with Gasteiger partial charge in [0.2, 0.25) is 0 Å². The molecule has 0 spiro atoms. The fourth-order valence-electron chi connectivity index (χ4n) is 1.86. The first kappa shape index (κ1) is 10.1. The molecule has 1 aliphatic carbocycles. The zero-order valence-corrected chi connectivity index (χ0v) is 8.81. The lowest BCUT2D eigenvalue weighted by Crippen LogP contribution is -2.13. The lowest BCUT2D eigenvalue weighted by atomic mass is 9.93. The topological polar surface area (TPSA) is 61.0 Å². The molecule has 1 unspecified atom stereocenters. The highest BCUT2D eigenvalue weighted by atomic mass is 16.5. The second-order valence-electron chi connectivity index (χ2n) is 3.68. The highest BCUT2D eigenvalue weighted by molar-refractivity contribution is 5.72. The Bertz CT molecular complexity index is 376. The Kier molecular flexibility index (Phi) is 2.97. The van der Waals surface area contributed by atoms with E-state index in [1.165, 1.54) is 11.9 Å². The maximum absolute atomic E-state index is 5.80. The first-order valence-electron chi connectivity index (χ1n) is 5.09. The van der Waals surface area contributed by atoms with Gasteiger partial charge in [0.25, 0.3) is 0 Å². The number of nitrogen functional groups attached to an aromatic ring is 1. The Morgan fingerprint density at radius 2 is 2.40 bits per heavy atom. The van der Waals surface area contributed by atoms with Crippen molar-refractivity contribution in [1.29, 1.82) is 0 Å². The van der Waals surface area contributed by atoms with Gasteiger partial charge >= 0.3 is 0 Å². The van der Waals surface area contributed by atoms with Crippen molar-refractivity contribution in [2.24, 2.45) is 0 Å². The van der Waals surface area contributed by atoms with Crippen molar-refractivity contribution >= 4 is 11.4 Å². The molecule has 0 fully saturated rings. The number of methoxy groups -OCH3 is 1. The Hall–Kier alpha value is -1.42. The van der Waals surface area contributed by atoms with Gasteiger partial charge in [-0.3, -0.25) is 0 Å². The van der Waals surface area contributed by atoms with Gasteiger partial charge < -0.3 is 10.5 Å². The van der Waals surface area contributed by atoms with Crippen LogP contribution in [-0.4, -0.2) is 23.2 Å². The van der Waals surface area contributed by atoms with Gasteiger partial charge in [0.15, 0.2) is 0 Å². The summed E-state index contributed by atoms with van der Waals surface area (Å²) in [5.74, 6) is 0.562. The number of anilines is 1. The number of ether oxygens (including phenoxy) is 1. The van der Waals surface area contributed by atoms with E-state index < -0.39 is 0 Å². The van der Waals surface area contributed by atoms with Crippen LogP contribution in [0.15, 0.2) is 18.6 Å². The summed E-state index contributed by atoms with van der Waals surface area (Å²) in [6.45, 7) is 0. The maximum Gasteiger partial charge on any atom is 0.134 e. The molecule has 0 aliphatic heterocycles. The molecule has 1 heterocycles. The molecule has 4 nitrogen and oxygen atoms in total. The van der Waals surface area contributed by atoms with Crippen molar-refractivity contribution < 1.29 is 4.74 Å². The average Bonchev–Trinajstić information content (AvgIpc) is 2.30. The van der Waals surface area contributed by atoms with Crippen LogP contribution in [0.2, 0.25) is 0 Å². The Morgan fingerprint density at radius 3 is 3.00 bits per heavy atom. The van der Waals surface area contributed by atoms with Crippen molar-refractivity contribution in [3.05, 3.63) is 24.2 Å². The smallest absolute Gasteiger partial charge is 0.134 e.